The monoisotopic (exact) mass is 444 g/mol. The third kappa shape index (κ3) is 5.35. The number of aromatic nitrogens is 3. The molecule has 30 heavy (non-hydrogen) atoms. The number of hydrogen-bond acceptors (Lipinski definition) is 7. The van der Waals surface area contributed by atoms with Crippen molar-refractivity contribution in [2.24, 2.45) is 5.41 Å². The van der Waals surface area contributed by atoms with Gasteiger partial charge in [0.05, 0.1) is 24.3 Å². The number of sulfonamides is 1. The summed E-state index contributed by atoms with van der Waals surface area (Å²) >= 11 is 0. The fraction of sp³-hybridized carbons (Fsp3) is 0.778. The molecule has 2 atom stereocenters. The van der Waals surface area contributed by atoms with Gasteiger partial charge in [-0.1, -0.05) is 6.92 Å². The Morgan fingerprint density at radius 1 is 1.40 bits per heavy atom. The van der Waals surface area contributed by atoms with E-state index in [2.05, 4.69) is 27.3 Å². The molecule has 170 valence electrons. The molecule has 2 fully saturated rings. The van der Waals surface area contributed by atoms with Crippen LogP contribution in [-0.2, 0) is 32.7 Å². The number of fused-ring (bicyclic) bond motifs is 1. The van der Waals surface area contributed by atoms with Crippen LogP contribution in [-0.4, -0.2) is 88.9 Å². The lowest BCUT2D eigenvalue weighted by molar-refractivity contribution is -0.141. The smallest absolute Gasteiger partial charge is 0.290 e. The van der Waals surface area contributed by atoms with E-state index < -0.39 is 15.4 Å². The lowest BCUT2D eigenvalue weighted by Crippen LogP contribution is -2.66. The highest BCUT2D eigenvalue weighted by atomic mass is 32.2. The van der Waals surface area contributed by atoms with Crippen molar-refractivity contribution in [1.82, 2.24) is 29.3 Å². The zero-order valence-corrected chi connectivity index (χ0v) is 18.6. The van der Waals surface area contributed by atoms with Gasteiger partial charge in [-0.25, -0.2) is 8.42 Å². The number of hydrogen-bond donors (Lipinski definition) is 2. The number of carboxylic acid groups (broad SMARTS) is 1. The molecule has 1 aromatic rings. The largest absolute Gasteiger partial charge is 0.483 e. The Kier molecular flexibility index (Phi) is 8.33. The molecule has 1 aromatic heterocycles. The third-order valence-corrected chi connectivity index (χ3v) is 7.15. The normalized spacial score (nSPS) is 25.0. The number of carbonyl (C=O) groups is 2. The van der Waals surface area contributed by atoms with Crippen LogP contribution in [0.3, 0.4) is 0 Å². The molecular formula is C18H32N6O5S. The number of likely N-dealkylation sites (tertiary alicyclic amines) is 1. The van der Waals surface area contributed by atoms with Crippen molar-refractivity contribution < 1.29 is 23.1 Å². The lowest BCUT2D eigenvalue weighted by atomic mass is 9.68. The first-order valence-corrected chi connectivity index (χ1v) is 11.9. The van der Waals surface area contributed by atoms with Gasteiger partial charge in [-0.15, -0.1) is 10.2 Å². The zero-order valence-electron chi connectivity index (χ0n) is 17.8. The topological polar surface area (TPSA) is 138 Å². The van der Waals surface area contributed by atoms with Gasteiger partial charge in [0.25, 0.3) is 6.47 Å². The van der Waals surface area contributed by atoms with Crippen LogP contribution in [0.1, 0.15) is 38.4 Å². The summed E-state index contributed by atoms with van der Waals surface area (Å²) in [7, 11) is -1.39. The van der Waals surface area contributed by atoms with Crippen molar-refractivity contribution in [2.75, 3.05) is 32.9 Å². The summed E-state index contributed by atoms with van der Waals surface area (Å²) in [5, 5.41) is 18.0. The van der Waals surface area contributed by atoms with Gasteiger partial charge in [-0.2, -0.15) is 4.31 Å². The Balaban J connectivity index is 0.00000101. The minimum Gasteiger partial charge on any atom is -0.483 e. The maximum absolute atomic E-state index is 13.3. The summed E-state index contributed by atoms with van der Waals surface area (Å²) in [4.78, 5) is 23.8. The summed E-state index contributed by atoms with van der Waals surface area (Å²) in [6, 6.07) is -0.325. The molecule has 0 spiro atoms. The number of nitrogens with zero attached hydrogens (tertiary/aromatic N) is 5. The molecule has 0 bridgehead atoms. The number of piperidine rings is 2. The first kappa shape index (κ1) is 24.2. The number of likely N-dealkylation sites (N-methyl/N-ethyl adjacent to an activating group) is 1. The van der Waals surface area contributed by atoms with E-state index in [0.29, 0.717) is 38.9 Å². The van der Waals surface area contributed by atoms with E-state index in [4.69, 9.17) is 9.90 Å². The molecule has 0 radical (unpaired) electrons. The molecule has 12 heteroatoms. The van der Waals surface area contributed by atoms with Gasteiger partial charge in [-0.3, -0.25) is 9.59 Å². The van der Waals surface area contributed by atoms with Crippen LogP contribution >= 0.6 is 0 Å². The first-order valence-electron chi connectivity index (χ1n) is 10.1. The van der Waals surface area contributed by atoms with E-state index >= 15 is 0 Å². The van der Waals surface area contributed by atoms with Crippen LogP contribution in [0.25, 0.3) is 0 Å². The van der Waals surface area contributed by atoms with Gasteiger partial charge in [0.1, 0.15) is 6.33 Å². The molecule has 2 aliphatic heterocycles. The van der Waals surface area contributed by atoms with Gasteiger partial charge in [-0.05, 0) is 39.3 Å². The number of rotatable bonds is 6. The Morgan fingerprint density at radius 3 is 2.73 bits per heavy atom. The summed E-state index contributed by atoms with van der Waals surface area (Å²) < 4.78 is 28.1. The van der Waals surface area contributed by atoms with Crippen LogP contribution in [0.2, 0.25) is 0 Å². The number of aryl methyl sites for hydroxylation is 1. The average molecular weight is 445 g/mol. The molecule has 0 aromatic carbocycles. The quantitative estimate of drug-likeness (QED) is 0.573. The van der Waals surface area contributed by atoms with Crippen LogP contribution in [0.15, 0.2) is 6.33 Å². The van der Waals surface area contributed by atoms with E-state index in [-0.39, 0.29) is 18.4 Å². The van der Waals surface area contributed by atoms with Gasteiger partial charge < -0.3 is 19.9 Å². The van der Waals surface area contributed by atoms with Crippen molar-refractivity contribution in [2.45, 2.75) is 51.7 Å². The second kappa shape index (κ2) is 10.3. The Hall–Kier alpha value is -2.05. The van der Waals surface area contributed by atoms with E-state index in [1.807, 2.05) is 11.6 Å². The van der Waals surface area contributed by atoms with E-state index in [1.165, 1.54) is 10.6 Å². The van der Waals surface area contributed by atoms with E-state index in [1.54, 1.807) is 6.33 Å². The van der Waals surface area contributed by atoms with Crippen molar-refractivity contribution in [3.8, 4) is 0 Å². The van der Waals surface area contributed by atoms with Crippen molar-refractivity contribution in [3.63, 3.8) is 0 Å². The average Bonchev–Trinajstić information content (AvgIpc) is 3.13. The van der Waals surface area contributed by atoms with Gasteiger partial charge in [0, 0.05) is 19.6 Å². The lowest BCUT2D eigenvalue weighted by Gasteiger charge is -2.52. The highest BCUT2D eigenvalue weighted by Crippen LogP contribution is 2.43. The van der Waals surface area contributed by atoms with Gasteiger partial charge in [0.15, 0.2) is 5.82 Å². The van der Waals surface area contributed by atoms with Crippen LogP contribution in [0.5, 0.6) is 0 Å². The maximum Gasteiger partial charge on any atom is 0.290 e. The minimum atomic E-state index is -3.36. The fourth-order valence-corrected chi connectivity index (χ4v) is 5.63. The summed E-state index contributed by atoms with van der Waals surface area (Å²) in [5.74, 6) is 0.654. The second-order valence-electron chi connectivity index (χ2n) is 7.89. The van der Waals surface area contributed by atoms with Gasteiger partial charge >= 0.3 is 0 Å². The molecule has 0 aliphatic carbocycles. The predicted octanol–water partition coefficient (Wildman–Crippen LogP) is -0.249. The third-order valence-electron chi connectivity index (χ3n) is 5.86. The molecule has 2 N–H and O–H groups in total. The second-order valence-corrected chi connectivity index (χ2v) is 9.83. The predicted molar refractivity (Wildman–Crippen MR) is 110 cm³/mol. The molecular weight excluding hydrogens is 412 g/mol. The summed E-state index contributed by atoms with van der Waals surface area (Å²) in [6.45, 7) is 4.78. The molecule has 11 nitrogen and oxygen atoms in total. The molecule has 2 aliphatic rings. The Morgan fingerprint density at radius 2 is 2.10 bits per heavy atom. The van der Waals surface area contributed by atoms with Gasteiger partial charge in [0.2, 0.25) is 15.9 Å². The molecule has 0 unspecified atom stereocenters. The summed E-state index contributed by atoms with van der Waals surface area (Å²) in [5.41, 5.74) is -0.677. The SMILES string of the molecule is CCCn1cnnc1CNC(=O)[C@@]12CCCN(S(C)(=O)=O)[C@H]1CN(C)CC2.O=CO. The summed E-state index contributed by atoms with van der Waals surface area (Å²) in [6.07, 6.45) is 5.95. The Labute approximate surface area is 177 Å². The van der Waals surface area contributed by atoms with Crippen LogP contribution < -0.4 is 5.32 Å². The van der Waals surface area contributed by atoms with Crippen molar-refractivity contribution in [1.29, 1.82) is 0 Å². The minimum absolute atomic E-state index is 0.0694. The molecule has 2 saturated heterocycles. The van der Waals surface area contributed by atoms with Crippen LogP contribution in [0.4, 0.5) is 0 Å². The van der Waals surface area contributed by atoms with E-state index in [9.17, 15) is 13.2 Å². The van der Waals surface area contributed by atoms with Crippen molar-refractivity contribution >= 4 is 22.4 Å². The highest BCUT2D eigenvalue weighted by molar-refractivity contribution is 7.88. The van der Waals surface area contributed by atoms with E-state index in [0.717, 1.165) is 25.3 Å². The van der Waals surface area contributed by atoms with Crippen molar-refractivity contribution in [3.05, 3.63) is 12.2 Å². The first-order chi connectivity index (χ1) is 14.2. The molecule has 0 saturated carbocycles. The molecule has 3 rings (SSSR count). The maximum atomic E-state index is 13.3. The number of carbonyl (C=O) groups excluding carboxylic acids is 1. The zero-order chi connectivity index (χ0) is 22.4. The standard InChI is InChI=1S/C17H30N6O3S.CH2O2/c1-4-8-22-13-19-20-15(22)11-18-16(24)17-6-5-9-23(27(3,25)26)14(17)12-21(2)10-7-17;2-1-3/h13-14H,4-12H2,1-3H3,(H,18,24);1H,(H,2,3)/t14-,17+;/m0./s1. The Bertz CT molecular complexity index is 829. The molecule has 3 heterocycles. The number of amides is 1. The van der Waals surface area contributed by atoms with Crippen LogP contribution in [0, 0.1) is 5.41 Å². The molecule has 1 amide bonds. The fourth-order valence-electron chi connectivity index (χ4n) is 4.44. The highest BCUT2D eigenvalue weighted by Gasteiger charge is 2.54. The number of nitrogens with one attached hydrogen (secondary N) is 1.